The maximum absolute atomic E-state index is 14.0. The average Bonchev–Trinajstić information content (AvgIpc) is 3.40. The zero-order valence-corrected chi connectivity index (χ0v) is 23.5. The fourth-order valence-electron chi connectivity index (χ4n) is 5.99. The second kappa shape index (κ2) is 13.7. The number of rotatable bonds is 11. The fraction of sp³-hybridized carbons (Fsp3) is 0.548. The van der Waals surface area contributed by atoms with E-state index in [1.807, 2.05) is 20.8 Å². The zero-order valence-electron chi connectivity index (χ0n) is 23.5. The largest absolute Gasteiger partial charge is 0.391 e. The van der Waals surface area contributed by atoms with Crippen molar-refractivity contribution in [3.05, 3.63) is 70.3 Å². The molecule has 2 aromatic carbocycles. The summed E-state index contributed by atoms with van der Waals surface area (Å²) in [6, 6.07) is 7.34. The predicted octanol–water partition coefficient (Wildman–Crippen LogP) is 4.29. The molecule has 2 N–H and O–H groups in total. The number of nitrogens with one attached hydrogen (secondary N) is 1. The zero-order chi connectivity index (χ0) is 28.8. The van der Waals surface area contributed by atoms with Crippen molar-refractivity contribution in [2.75, 3.05) is 32.9 Å². The average molecular weight is 559 g/mol. The maximum atomic E-state index is 14.0. The summed E-state index contributed by atoms with van der Waals surface area (Å²) in [6.07, 6.45) is 1.23. The Morgan fingerprint density at radius 1 is 1.02 bits per heavy atom. The Balaban J connectivity index is 1.60. The molecule has 0 saturated carbocycles. The van der Waals surface area contributed by atoms with Crippen LogP contribution >= 0.6 is 0 Å². The third-order valence-corrected chi connectivity index (χ3v) is 7.81. The number of halogens is 2. The molecular weight excluding hydrogens is 518 g/mol. The lowest BCUT2D eigenvalue weighted by atomic mass is 9.78. The van der Waals surface area contributed by atoms with Crippen LogP contribution in [0.2, 0.25) is 0 Å². The van der Waals surface area contributed by atoms with Crippen molar-refractivity contribution < 1.29 is 33.0 Å². The lowest BCUT2D eigenvalue weighted by Gasteiger charge is -2.38. The van der Waals surface area contributed by atoms with Gasteiger partial charge in [0.05, 0.1) is 31.5 Å². The number of ether oxygens (including phenoxy) is 2. The number of hydrogen-bond donors (Lipinski definition) is 2. The Kier molecular flexibility index (Phi) is 10.3. The minimum atomic E-state index is -1.06. The van der Waals surface area contributed by atoms with Crippen LogP contribution in [0.1, 0.15) is 65.0 Å². The summed E-state index contributed by atoms with van der Waals surface area (Å²) in [5, 5.41) is 14.5. The van der Waals surface area contributed by atoms with Crippen LogP contribution < -0.4 is 5.32 Å². The molecule has 218 valence electrons. The highest BCUT2D eigenvalue weighted by Crippen LogP contribution is 2.35. The van der Waals surface area contributed by atoms with E-state index in [0.717, 1.165) is 30.9 Å². The molecule has 0 radical (unpaired) electrons. The second-order valence-electron chi connectivity index (χ2n) is 11.0. The molecule has 2 amide bonds. The summed E-state index contributed by atoms with van der Waals surface area (Å²) in [5.74, 6) is -2.35. The van der Waals surface area contributed by atoms with E-state index in [9.17, 15) is 23.5 Å². The molecular formula is C31H40F2N2O5. The van der Waals surface area contributed by atoms with Crippen molar-refractivity contribution in [3.8, 4) is 0 Å². The van der Waals surface area contributed by atoms with Gasteiger partial charge >= 0.3 is 0 Å². The molecule has 0 bridgehead atoms. The molecule has 2 aliphatic heterocycles. The van der Waals surface area contributed by atoms with Gasteiger partial charge in [-0.2, -0.15) is 0 Å². The third-order valence-electron chi connectivity index (χ3n) is 7.81. The van der Waals surface area contributed by atoms with Gasteiger partial charge in [0.2, 0.25) is 0 Å². The molecule has 0 aliphatic carbocycles. The van der Waals surface area contributed by atoms with E-state index in [2.05, 4.69) is 5.32 Å². The molecule has 2 aliphatic rings. The smallest absolute Gasteiger partial charge is 0.253 e. The molecule has 40 heavy (non-hydrogen) atoms. The van der Waals surface area contributed by atoms with Crippen LogP contribution in [-0.4, -0.2) is 73.0 Å². The predicted molar refractivity (Wildman–Crippen MR) is 147 cm³/mol. The van der Waals surface area contributed by atoms with Crippen LogP contribution in [0.25, 0.3) is 0 Å². The van der Waals surface area contributed by atoms with Gasteiger partial charge in [0.15, 0.2) is 0 Å². The topological polar surface area (TPSA) is 88.1 Å². The minimum Gasteiger partial charge on any atom is -0.391 e. The Labute approximate surface area is 234 Å². The third kappa shape index (κ3) is 7.25. The van der Waals surface area contributed by atoms with Crippen molar-refractivity contribution in [1.29, 1.82) is 0 Å². The monoisotopic (exact) mass is 558 g/mol. The molecule has 7 nitrogen and oxygen atoms in total. The van der Waals surface area contributed by atoms with Gasteiger partial charge in [0.25, 0.3) is 11.8 Å². The summed E-state index contributed by atoms with van der Waals surface area (Å²) in [5.41, 5.74) is 1.76. The first kappa shape index (κ1) is 30.1. The summed E-state index contributed by atoms with van der Waals surface area (Å²) in [4.78, 5) is 28.6. The van der Waals surface area contributed by atoms with Gasteiger partial charge in [-0.25, -0.2) is 8.78 Å². The van der Waals surface area contributed by atoms with Gasteiger partial charge < -0.3 is 24.8 Å². The van der Waals surface area contributed by atoms with Gasteiger partial charge in [-0.3, -0.25) is 9.59 Å². The molecule has 5 atom stereocenters. The van der Waals surface area contributed by atoms with E-state index in [1.54, 1.807) is 23.1 Å². The molecule has 0 spiro atoms. The lowest BCUT2D eigenvalue weighted by Crippen LogP contribution is -2.53. The lowest BCUT2D eigenvalue weighted by molar-refractivity contribution is -0.102. The van der Waals surface area contributed by atoms with Crippen molar-refractivity contribution in [2.45, 2.75) is 64.7 Å². The highest BCUT2D eigenvalue weighted by atomic mass is 19.1. The van der Waals surface area contributed by atoms with E-state index in [1.165, 1.54) is 12.1 Å². The number of amides is 2. The molecule has 4 rings (SSSR count). The highest BCUT2D eigenvalue weighted by Gasteiger charge is 2.44. The highest BCUT2D eigenvalue weighted by molar-refractivity contribution is 6.00. The van der Waals surface area contributed by atoms with E-state index in [4.69, 9.17) is 9.47 Å². The van der Waals surface area contributed by atoms with Crippen molar-refractivity contribution in [3.63, 3.8) is 0 Å². The van der Waals surface area contributed by atoms with Crippen LogP contribution in [-0.2, 0) is 15.9 Å². The standard InChI is InChI=1S/C31H40F2N2O5/c1-4-7-35(8-5-2)31(38)22-11-19(3)10-21(15-22)30(37)34-27(14-20-12-23(32)16-24(33)13-20)29(36)26-17-39-18-28-25(26)6-9-40-28/h10-13,15-16,25-29,36H,4-9,14,17-18H2,1-3H3,(H,34,37)/t25-,26?,27+,28?,29+/m1/s1. The number of benzene rings is 2. The summed E-state index contributed by atoms with van der Waals surface area (Å²) < 4.78 is 39.5. The van der Waals surface area contributed by atoms with Gasteiger partial charge in [0.1, 0.15) is 11.6 Å². The van der Waals surface area contributed by atoms with Gasteiger partial charge in [0, 0.05) is 42.8 Å². The van der Waals surface area contributed by atoms with Crippen LogP contribution in [0.5, 0.6) is 0 Å². The molecule has 2 saturated heterocycles. The van der Waals surface area contributed by atoms with E-state index >= 15 is 0 Å². The number of carbonyl (C=O) groups excluding carboxylic acids is 2. The van der Waals surface area contributed by atoms with Gasteiger partial charge in [-0.05, 0) is 80.0 Å². The second-order valence-corrected chi connectivity index (χ2v) is 11.0. The number of hydrogen-bond acceptors (Lipinski definition) is 5. The van der Waals surface area contributed by atoms with Crippen molar-refractivity contribution in [1.82, 2.24) is 10.2 Å². The minimum absolute atomic E-state index is 0.00864. The van der Waals surface area contributed by atoms with Crippen molar-refractivity contribution >= 4 is 11.8 Å². The fourth-order valence-corrected chi connectivity index (χ4v) is 5.99. The maximum Gasteiger partial charge on any atom is 0.253 e. The van der Waals surface area contributed by atoms with E-state index in [0.29, 0.717) is 44.0 Å². The van der Waals surface area contributed by atoms with E-state index in [-0.39, 0.29) is 35.8 Å². The molecule has 2 unspecified atom stereocenters. The number of aliphatic hydroxyl groups excluding tert-OH is 1. The molecule has 2 heterocycles. The summed E-state index contributed by atoms with van der Waals surface area (Å²) in [6.45, 7) is 8.40. The SMILES string of the molecule is CCCN(CCC)C(=O)c1cc(C)cc(C(=O)N[C@@H](Cc2cc(F)cc(F)c2)[C@@H](O)C2COCC3OCC[C@@H]32)c1. The first-order valence-corrected chi connectivity index (χ1v) is 14.2. The number of nitrogens with zero attached hydrogens (tertiary/aromatic N) is 1. The summed E-state index contributed by atoms with van der Waals surface area (Å²) >= 11 is 0. The number of fused-ring (bicyclic) bond motifs is 1. The number of carbonyl (C=O) groups is 2. The normalized spacial score (nSPS) is 21.9. The molecule has 9 heteroatoms. The summed E-state index contributed by atoms with van der Waals surface area (Å²) in [7, 11) is 0. The molecule has 2 fully saturated rings. The first-order valence-electron chi connectivity index (χ1n) is 14.2. The molecule has 0 aromatic heterocycles. The Hall–Kier alpha value is -2.88. The van der Waals surface area contributed by atoms with E-state index < -0.39 is 29.7 Å². The first-order chi connectivity index (χ1) is 19.2. The van der Waals surface area contributed by atoms with Crippen LogP contribution in [0.15, 0.2) is 36.4 Å². The van der Waals surface area contributed by atoms with Crippen LogP contribution in [0.4, 0.5) is 8.78 Å². The number of aryl methyl sites for hydroxylation is 1. The Bertz CT molecular complexity index is 1170. The number of aliphatic hydroxyl groups is 1. The Morgan fingerprint density at radius 3 is 2.38 bits per heavy atom. The van der Waals surface area contributed by atoms with Gasteiger partial charge in [-0.1, -0.05) is 13.8 Å². The Morgan fingerprint density at radius 2 is 1.70 bits per heavy atom. The van der Waals surface area contributed by atoms with Crippen LogP contribution in [0, 0.1) is 30.4 Å². The molecule has 2 aromatic rings. The van der Waals surface area contributed by atoms with Gasteiger partial charge in [-0.15, -0.1) is 0 Å². The van der Waals surface area contributed by atoms with Crippen molar-refractivity contribution in [2.24, 2.45) is 11.8 Å². The van der Waals surface area contributed by atoms with Crippen LogP contribution in [0.3, 0.4) is 0 Å². The quantitative estimate of drug-likeness (QED) is 0.430.